The minimum Gasteiger partial charge on any atom is -0.421 e. The number of H-pyrrole nitrogens is 1. The van der Waals surface area contributed by atoms with E-state index in [0.29, 0.717) is 24.6 Å². The number of aryl methyl sites for hydroxylation is 1. The first kappa shape index (κ1) is 29.7. The predicted molar refractivity (Wildman–Crippen MR) is 154 cm³/mol. The monoisotopic (exact) mass is 579 g/mol. The number of carbonyl (C=O) groups excluding carboxylic acids is 2. The molecule has 0 aliphatic carbocycles. The molecule has 4 aromatic rings. The van der Waals surface area contributed by atoms with E-state index < -0.39 is 23.9 Å². The number of ether oxygens (including phenoxy) is 2. The second kappa shape index (κ2) is 12.9. The Morgan fingerprint density at radius 3 is 2.41 bits per heavy atom. The number of carbonyl (C=O) groups is 2. The number of alkyl carbamates (subject to hydrolysis) is 1. The lowest BCUT2D eigenvalue weighted by molar-refractivity contribution is -0.0618. The van der Waals surface area contributed by atoms with E-state index in [1.165, 1.54) is 6.92 Å². The smallest absolute Gasteiger partial charge is 0.410 e. The van der Waals surface area contributed by atoms with Crippen molar-refractivity contribution in [1.29, 1.82) is 0 Å². The van der Waals surface area contributed by atoms with Crippen LogP contribution in [-0.4, -0.2) is 54.1 Å². The number of amides is 1. The van der Waals surface area contributed by atoms with Crippen LogP contribution in [0.25, 0.3) is 22.5 Å². The summed E-state index contributed by atoms with van der Waals surface area (Å²) in [6.45, 7) is 9.35. The molecule has 2 heterocycles. The number of benzene rings is 2. The molecule has 1 atom stereocenters. The van der Waals surface area contributed by atoms with E-state index in [2.05, 4.69) is 37.8 Å². The van der Waals surface area contributed by atoms with Crippen molar-refractivity contribution < 1.29 is 19.1 Å². The molecule has 0 saturated carbocycles. The van der Waals surface area contributed by atoms with E-state index in [-0.39, 0.29) is 10.8 Å². The Bertz CT molecular complexity index is 1480. The minimum atomic E-state index is -1.14. The molecule has 0 aliphatic rings. The lowest BCUT2D eigenvalue weighted by atomic mass is 9.98. The lowest BCUT2D eigenvalue weighted by Crippen LogP contribution is -2.42. The number of nitrogens with zero attached hydrogens (tertiary/aromatic N) is 5. The van der Waals surface area contributed by atoms with Crippen LogP contribution in [0.4, 0.5) is 4.79 Å². The summed E-state index contributed by atoms with van der Waals surface area (Å²) in [6, 6.07) is 15.8. The quantitative estimate of drug-likeness (QED) is 0.177. The highest BCUT2D eigenvalue weighted by molar-refractivity contribution is 6.32. The number of tetrazole rings is 1. The molecular weight excluding hydrogens is 546 g/mol. The van der Waals surface area contributed by atoms with Gasteiger partial charge in [0.15, 0.2) is 10.8 Å². The van der Waals surface area contributed by atoms with Crippen molar-refractivity contribution in [3.8, 4) is 22.5 Å². The molecular formula is C29H34ClN7O4. The second-order valence-corrected chi connectivity index (χ2v) is 10.9. The first-order valence-corrected chi connectivity index (χ1v) is 13.8. The largest absolute Gasteiger partial charge is 0.421 e. The SMILES string of the molecule is CCCCc1nc(Cl)c(C(=O)OC(C)OC(=O)NC(C)(C)C)n1Cc1ccc(-c2ccccc2-c2nn[nH]n2)cc1. The predicted octanol–water partition coefficient (Wildman–Crippen LogP) is 5.80. The lowest BCUT2D eigenvalue weighted by Gasteiger charge is -2.22. The van der Waals surface area contributed by atoms with Gasteiger partial charge in [0.05, 0.1) is 0 Å². The highest BCUT2D eigenvalue weighted by atomic mass is 35.5. The van der Waals surface area contributed by atoms with Gasteiger partial charge in [0.25, 0.3) is 0 Å². The fourth-order valence-corrected chi connectivity index (χ4v) is 4.53. The summed E-state index contributed by atoms with van der Waals surface area (Å²) < 4.78 is 12.4. The summed E-state index contributed by atoms with van der Waals surface area (Å²) in [7, 11) is 0. The average Bonchev–Trinajstić information content (AvgIpc) is 3.55. The highest BCUT2D eigenvalue weighted by Crippen LogP contribution is 2.30. The van der Waals surface area contributed by atoms with E-state index in [4.69, 9.17) is 21.1 Å². The van der Waals surface area contributed by atoms with Crippen LogP contribution in [-0.2, 0) is 22.4 Å². The molecule has 0 radical (unpaired) electrons. The van der Waals surface area contributed by atoms with Gasteiger partial charge >= 0.3 is 12.1 Å². The topological polar surface area (TPSA) is 137 Å². The van der Waals surface area contributed by atoms with Crippen molar-refractivity contribution >= 4 is 23.7 Å². The number of halogens is 1. The minimum absolute atomic E-state index is 0.0399. The van der Waals surface area contributed by atoms with Crippen molar-refractivity contribution in [1.82, 2.24) is 35.5 Å². The van der Waals surface area contributed by atoms with Gasteiger partial charge in [0.1, 0.15) is 5.82 Å². The average molecular weight is 580 g/mol. The van der Waals surface area contributed by atoms with Crippen LogP contribution in [0.3, 0.4) is 0 Å². The third-order valence-corrected chi connectivity index (χ3v) is 6.36. The molecule has 0 fully saturated rings. The fraction of sp³-hybridized carbons (Fsp3) is 0.379. The zero-order valence-electron chi connectivity index (χ0n) is 23.8. The number of nitrogens with one attached hydrogen (secondary N) is 2. The number of rotatable bonds is 10. The molecule has 11 nitrogen and oxygen atoms in total. The second-order valence-electron chi connectivity index (χ2n) is 10.6. The van der Waals surface area contributed by atoms with Crippen LogP contribution in [0, 0.1) is 0 Å². The molecule has 0 saturated heterocycles. The van der Waals surface area contributed by atoms with Crippen LogP contribution in [0.15, 0.2) is 48.5 Å². The third kappa shape index (κ3) is 7.69. The van der Waals surface area contributed by atoms with E-state index in [9.17, 15) is 9.59 Å². The number of imidazole rings is 1. The molecule has 1 unspecified atom stereocenters. The molecule has 2 aromatic heterocycles. The normalized spacial score (nSPS) is 12.1. The summed E-state index contributed by atoms with van der Waals surface area (Å²) in [4.78, 5) is 29.8. The standard InChI is InChI=1S/C29H34ClN7O4/c1-6-7-12-23-31-25(30)24(27(38)40-18(2)41-28(39)32-29(3,4)5)37(23)17-19-13-15-20(16-14-19)21-10-8-9-11-22(21)26-33-35-36-34-26/h8-11,13-16,18H,6-7,12,17H2,1-5H3,(H,32,39)(H,33,34,35,36). The van der Waals surface area contributed by atoms with Crippen LogP contribution in [0.5, 0.6) is 0 Å². The molecule has 12 heteroatoms. The van der Waals surface area contributed by atoms with Crippen LogP contribution < -0.4 is 5.32 Å². The van der Waals surface area contributed by atoms with Gasteiger partial charge in [-0.2, -0.15) is 5.21 Å². The maximum absolute atomic E-state index is 13.2. The molecule has 0 spiro atoms. The van der Waals surface area contributed by atoms with Crippen molar-refractivity contribution in [3.63, 3.8) is 0 Å². The van der Waals surface area contributed by atoms with Crippen molar-refractivity contribution in [3.05, 3.63) is 70.8 Å². The van der Waals surface area contributed by atoms with Gasteiger partial charge in [0.2, 0.25) is 12.1 Å². The van der Waals surface area contributed by atoms with Crippen LogP contribution >= 0.6 is 11.6 Å². The van der Waals surface area contributed by atoms with Gasteiger partial charge in [-0.25, -0.2) is 14.6 Å². The van der Waals surface area contributed by atoms with E-state index >= 15 is 0 Å². The summed E-state index contributed by atoms with van der Waals surface area (Å²) in [5.74, 6) is 0.455. The number of unbranched alkanes of at least 4 members (excludes halogenated alkanes) is 1. The summed E-state index contributed by atoms with van der Waals surface area (Å²) >= 11 is 6.47. The van der Waals surface area contributed by atoms with E-state index in [1.54, 1.807) is 4.57 Å². The molecule has 2 N–H and O–H groups in total. The van der Waals surface area contributed by atoms with Crippen LogP contribution in [0.1, 0.15) is 69.3 Å². The zero-order chi connectivity index (χ0) is 29.6. The van der Waals surface area contributed by atoms with E-state index in [0.717, 1.165) is 35.1 Å². The molecule has 0 aliphatic heterocycles. The summed E-state index contributed by atoms with van der Waals surface area (Å²) in [5, 5.41) is 17.1. The van der Waals surface area contributed by atoms with Gasteiger partial charge in [0, 0.05) is 31.0 Å². The maximum Gasteiger partial charge on any atom is 0.410 e. The summed E-state index contributed by atoms with van der Waals surface area (Å²) in [6.07, 6.45) is 0.635. The Hall–Kier alpha value is -4.25. The van der Waals surface area contributed by atoms with Gasteiger partial charge in [-0.3, -0.25) is 0 Å². The molecule has 216 valence electrons. The van der Waals surface area contributed by atoms with Crippen LogP contribution in [0.2, 0.25) is 5.15 Å². The fourth-order valence-electron chi connectivity index (χ4n) is 4.25. The Morgan fingerprint density at radius 2 is 1.78 bits per heavy atom. The Morgan fingerprint density at radius 1 is 1.07 bits per heavy atom. The van der Waals surface area contributed by atoms with Crippen molar-refractivity contribution in [2.24, 2.45) is 0 Å². The third-order valence-electron chi connectivity index (χ3n) is 6.09. The Balaban J connectivity index is 1.56. The zero-order valence-corrected chi connectivity index (χ0v) is 24.5. The molecule has 2 aromatic carbocycles. The van der Waals surface area contributed by atoms with Gasteiger partial charge in [-0.15, -0.1) is 10.2 Å². The summed E-state index contributed by atoms with van der Waals surface area (Å²) in [5.41, 5.74) is 3.33. The molecule has 41 heavy (non-hydrogen) atoms. The number of esters is 1. The molecule has 0 bridgehead atoms. The van der Waals surface area contributed by atoms with Crippen molar-refractivity contribution in [2.45, 2.75) is 72.3 Å². The Kier molecular flexibility index (Phi) is 9.38. The first-order chi connectivity index (χ1) is 19.6. The van der Waals surface area contributed by atoms with E-state index in [1.807, 2.05) is 69.3 Å². The maximum atomic E-state index is 13.2. The first-order valence-electron chi connectivity index (χ1n) is 13.4. The number of hydrogen-bond donors (Lipinski definition) is 2. The van der Waals surface area contributed by atoms with Gasteiger partial charge in [-0.05, 0) is 49.1 Å². The van der Waals surface area contributed by atoms with Gasteiger partial charge in [-0.1, -0.05) is 73.5 Å². The number of hydrogen-bond acceptors (Lipinski definition) is 8. The molecule has 4 rings (SSSR count). The number of aromatic nitrogens is 6. The van der Waals surface area contributed by atoms with Crippen molar-refractivity contribution in [2.75, 3.05) is 0 Å². The Labute approximate surface area is 243 Å². The highest BCUT2D eigenvalue weighted by Gasteiger charge is 2.26. The number of aromatic amines is 1. The molecule has 1 amide bonds. The van der Waals surface area contributed by atoms with Gasteiger partial charge < -0.3 is 19.4 Å².